The van der Waals surface area contributed by atoms with Gasteiger partial charge in [0.25, 0.3) is 10.0 Å². The summed E-state index contributed by atoms with van der Waals surface area (Å²) in [5.74, 6) is -0.480. The van der Waals surface area contributed by atoms with Crippen molar-refractivity contribution in [3.63, 3.8) is 0 Å². The molecule has 0 fully saturated rings. The molecule has 1 heterocycles. The first-order chi connectivity index (χ1) is 12.0. The number of carbonyl (C=O) groups excluding carboxylic acids is 1. The van der Waals surface area contributed by atoms with Crippen molar-refractivity contribution in [2.45, 2.75) is 16.7 Å². The summed E-state index contributed by atoms with van der Waals surface area (Å²) in [6.45, 7) is 0. The Morgan fingerprint density at radius 3 is 2.60 bits per heavy atom. The zero-order chi connectivity index (χ0) is 17.9. The molecule has 0 unspecified atom stereocenters. The number of methoxy groups -OCH3 is 1. The fourth-order valence-corrected chi connectivity index (χ4v) is 4.91. The summed E-state index contributed by atoms with van der Waals surface area (Å²) in [6, 6.07) is 15.8. The number of thiophene rings is 1. The standard InChI is InChI=1S/C18H17NO4S2/c1-23-17(20)12-16(19-25(21,22)18-10-5-11-24-18)15-9-4-7-13-6-2-3-8-14(13)15/h2-11,16,19H,12H2,1H3/t16-/m0/s1. The maximum absolute atomic E-state index is 12.6. The Morgan fingerprint density at radius 1 is 1.12 bits per heavy atom. The van der Waals surface area contributed by atoms with Gasteiger partial charge >= 0.3 is 5.97 Å². The summed E-state index contributed by atoms with van der Waals surface area (Å²) < 4.78 is 32.9. The van der Waals surface area contributed by atoms with Crippen molar-refractivity contribution < 1.29 is 17.9 Å². The molecule has 130 valence electrons. The highest BCUT2D eigenvalue weighted by Crippen LogP contribution is 2.29. The molecule has 0 aliphatic carbocycles. The third-order valence-electron chi connectivity index (χ3n) is 3.85. The molecule has 0 aliphatic heterocycles. The van der Waals surface area contributed by atoms with Gasteiger partial charge in [-0.2, -0.15) is 0 Å². The van der Waals surface area contributed by atoms with Gasteiger partial charge in [-0.05, 0) is 27.8 Å². The summed E-state index contributed by atoms with van der Waals surface area (Å²) >= 11 is 1.13. The van der Waals surface area contributed by atoms with Crippen LogP contribution >= 0.6 is 11.3 Å². The third kappa shape index (κ3) is 3.89. The van der Waals surface area contributed by atoms with Crippen molar-refractivity contribution in [2.75, 3.05) is 7.11 Å². The molecule has 3 aromatic rings. The molecule has 3 rings (SSSR count). The number of sulfonamides is 1. The van der Waals surface area contributed by atoms with Gasteiger partial charge in [0, 0.05) is 0 Å². The maximum Gasteiger partial charge on any atom is 0.307 e. The number of fused-ring (bicyclic) bond motifs is 1. The van der Waals surface area contributed by atoms with Crippen LogP contribution in [0.2, 0.25) is 0 Å². The fourth-order valence-electron chi connectivity index (χ4n) is 2.68. The van der Waals surface area contributed by atoms with Crippen LogP contribution in [0.3, 0.4) is 0 Å². The Labute approximate surface area is 150 Å². The van der Waals surface area contributed by atoms with Gasteiger partial charge < -0.3 is 4.74 Å². The summed E-state index contributed by atoms with van der Waals surface area (Å²) in [4.78, 5) is 11.8. The second-order valence-corrected chi connectivity index (χ2v) is 8.34. The minimum absolute atomic E-state index is 0.0882. The van der Waals surface area contributed by atoms with Gasteiger partial charge in [0.1, 0.15) is 4.21 Å². The molecule has 0 amide bonds. The van der Waals surface area contributed by atoms with Gasteiger partial charge in [-0.1, -0.05) is 48.5 Å². The summed E-state index contributed by atoms with van der Waals surface area (Å²) in [5.41, 5.74) is 0.739. The Balaban J connectivity index is 2.04. The first-order valence-electron chi connectivity index (χ1n) is 7.61. The Hall–Kier alpha value is -2.22. The topological polar surface area (TPSA) is 72.5 Å². The minimum atomic E-state index is -3.73. The molecular weight excluding hydrogens is 358 g/mol. The van der Waals surface area contributed by atoms with E-state index in [0.29, 0.717) is 0 Å². The highest BCUT2D eigenvalue weighted by atomic mass is 32.2. The average Bonchev–Trinajstić information content (AvgIpc) is 3.16. The molecule has 0 aliphatic rings. The molecule has 0 saturated carbocycles. The van der Waals surface area contributed by atoms with Crippen molar-refractivity contribution in [3.8, 4) is 0 Å². The predicted octanol–water partition coefficient (Wildman–Crippen LogP) is 3.48. The molecular formula is C18H17NO4S2. The molecule has 1 atom stereocenters. The molecule has 0 saturated heterocycles. The van der Waals surface area contributed by atoms with Crippen LogP contribution in [0.1, 0.15) is 18.0 Å². The first-order valence-corrected chi connectivity index (χ1v) is 9.98. The molecule has 0 spiro atoms. The monoisotopic (exact) mass is 375 g/mol. The number of esters is 1. The predicted molar refractivity (Wildman–Crippen MR) is 98.0 cm³/mol. The van der Waals surface area contributed by atoms with Crippen molar-refractivity contribution in [1.29, 1.82) is 0 Å². The van der Waals surface area contributed by atoms with E-state index in [9.17, 15) is 13.2 Å². The number of carbonyl (C=O) groups is 1. The fraction of sp³-hybridized carbons (Fsp3) is 0.167. The van der Waals surface area contributed by atoms with E-state index in [4.69, 9.17) is 4.74 Å². The summed E-state index contributed by atoms with van der Waals surface area (Å²) in [5, 5.41) is 3.57. The first kappa shape index (κ1) is 17.6. The van der Waals surface area contributed by atoms with Crippen LogP contribution in [0, 0.1) is 0 Å². The molecule has 0 bridgehead atoms. The number of nitrogens with one attached hydrogen (secondary N) is 1. The van der Waals surface area contributed by atoms with Gasteiger partial charge in [-0.15, -0.1) is 11.3 Å². The van der Waals surface area contributed by atoms with Crippen molar-refractivity contribution in [2.24, 2.45) is 0 Å². The minimum Gasteiger partial charge on any atom is -0.469 e. The van der Waals surface area contributed by atoms with Gasteiger partial charge in [0.15, 0.2) is 0 Å². The van der Waals surface area contributed by atoms with Crippen LogP contribution in [-0.2, 0) is 19.6 Å². The number of benzene rings is 2. The van der Waals surface area contributed by atoms with Gasteiger partial charge in [0.2, 0.25) is 0 Å². The number of rotatable bonds is 6. The quantitative estimate of drug-likeness (QED) is 0.670. The number of ether oxygens (including phenoxy) is 1. The van der Waals surface area contributed by atoms with E-state index in [1.165, 1.54) is 13.2 Å². The lowest BCUT2D eigenvalue weighted by Gasteiger charge is -2.19. The van der Waals surface area contributed by atoms with E-state index in [-0.39, 0.29) is 10.6 Å². The average molecular weight is 375 g/mol. The number of hydrogen-bond acceptors (Lipinski definition) is 5. The smallest absolute Gasteiger partial charge is 0.307 e. The van der Waals surface area contributed by atoms with Crippen molar-refractivity contribution in [3.05, 3.63) is 65.5 Å². The van der Waals surface area contributed by atoms with Crippen LogP contribution < -0.4 is 4.72 Å². The van der Waals surface area contributed by atoms with Gasteiger partial charge in [0.05, 0.1) is 19.6 Å². The highest BCUT2D eigenvalue weighted by molar-refractivity contribution is 7.91. The molecule has 5 nitrogen and oxygen atoms in total. The van der Waals surface area contributed by atoms with E-state index in [0.717, 1.165) is 27.7 Å². The van der Waals surface area contributed by atoms with Crippen molar-refractivity contribution in [1.82, 2.24) is 4.72 Å². The lowest BCUT2D eigenvalue weighted by Crippen LogP contribution is -2.30. The third-order valence-corrected chi connectivity index (χ3v) is 6.72. The van der Waals surface area contributed by atoms with Gasteiger partial charge in [-0.3, -0.25) is 4.79 Å². The van der Waals surface area contributed by atoms with Crippen LogP contribution in [-0.4, -0.2) is 21.5 Å². The Bertz CT molecular complexity index is 976. The second-order valence-electron chi connectivity index (χ2n) is 5.45. The normalized spacial score (nSPS) is 12.8. The molecule has 7 heteroatoms. The SMILES string of the molecule is COC(=O)C[C@H](NS(=O)(=O)c1cccs1)c1cccc2ccccc12. The zero-order valence-corrected chi connectivity index (χ0v) is 15.1. The summed E-state index contributed by atoms with van der Waals surface area (Å²) in [6.07, 6.45) is -0.0882. The zero-order valence-electron chi connectivity index (χ0n) is 13.5. The maximum atomic E-state index is 12.6. The van der Waals surface area contributed by atoms with E-state index in [2.05, 4.69) is 4.72 Å². The van der Waals surface area contributed by atoms with Gasteiger partial charge in [-0.25, -0.2) is 13.1 Å². The van der Waals surface area contributed by atoms with Crippen molar-refractivity contribution >= 4 is 38.1 Å². The van der Waals surface area contributed by atoms with E-state index >= 15 is 0 Å². The highest BCUT2D eigenvalue weighted by Gasteiger charge is 2.25. The molecule has 25 heavy (non-hydrogen) atoms. The lowest BCUT2D eigenvalue weighted by atomic mass is 9.97. The Morgan fingerprint density at radius 2 is 1.88 bits per heavy atom. The molecule has 1 aromatic heterocycles. The lowest BCUT2D eigenvalue weighted by molar-refractivity contribution is -0.141. The molecule has 0 radical (unpaired) electrons. The Kier molecular flexibility index (Phi) is 5.17. The molecule has 1 N–H and O–H groups in total. The number of hydrogen-bond donors (Lipinski definition) is 1. The van der Waals surface area contributed by atoms with E-state index < -0.39 is 22.0 Å². The summed E-state index contributed by atoms with van der Waals surface area (Å²) in [7, 11) is -2.44. The molecule has 2 aromatic carbocycles. The van der Waals surface area contributed by atoms with Crippen LogP contribution in [0.25, 0.3) is 10.8 Å². The van der Waals surface area contributed by atoms with E-state index in [1.807, 2.05) is 42.5 Å². The van der Waals surface area contributed by atoms with E-state index in [1.54, 1.807) is 11.4 Å². The van der Waals surface area contributed by atoms with Crippen LogP contribution in [0.15, 0.2) is 64.2 Å². The second kappa shape index (κ2) is 7.35. The van der Waals surface area contributed by atoms with Crippen LogP contribution in [0.5, 0.6) is 0 Å². The van der Waals surface area contributed by atoms with Crippen LogP contribution in [0.4, 0.5) is 0 Å². The largest absolute Gasteiger partial charge is 0.469 e.